The molecule has 4 atom stereocenters. The molecule has 3 aromatic carbocycles. The van der Waals surface area contributed by atoms with Crippen molar-refractivity contribution in [1.82, 2.24) is 10.9 Å². The van der Waals surface area contributed by atoms with E-state index in [1.165, 1.54) is 0 Å². The van der Waals surface area contributed by atoms with E-state index < -0.39 is 6.04 Å². The third-order valence-electron chi connectivity index (χ3n) is 6.90. The minimum atomic E-state index is -0.447. The Morgan fingerprint density at radius 2 is 1.58 bits per heavy atom. The molecule has 0 aromatic heterocycles. The molecule has 0 saturated carbocycles. The molecular weight excluding hydrogens is 458 g/mol. The van der Waals surface area contributed by atoms with Crippen molar-refractivity contribution >= 4 is 17.6 Å². The Morgan fingerprint density at radius 1 is 0.889 bits per heavy atom. The van der Waals surface area contributed by atoms with Gasteiger partial charge in [-0.2, -0.15) is 0 Å². The quantitative estimate of drug-likeness (QED) is 0.490. The Balaban J connectivity index is 1.58. The lowest BCUT2D eigenvalue weighted by Crippen LogP contribution is -2.41. The highest BCUT2D eigenvalue weighted by atomic mass is 16.5. The number of methoxy groups -OCH3 is 2. The van der Waals surface area contributed by atoms with E-state index in [0.29, 0.717) is 23.6 Å². The summed E-state index contributed by atoms with van der Waals surface area (Å²) in [6, 6.07) is 21.7. The van der Waals surface area contributed by atoms with Gasteiger partial charge in [-0.1, -0.05) is 30.3 Å². The highest BCUT2D eigenvalue weighted by Crippen LogP contribution is 2.50. The fourth-order valence-electron chi connectivity index (χ4n) is 5.25. The third kappa shape index (κ3) is 4.08. The van der Waals surface area contributed by atoms with E-state index in [1.807, 2.05) is 53.4 Å². The average molecular weight is 488 g/mol. The summed E-state index contributed by atoms with van der Waals surface area (Å²) in [6.07, 6.45) is 0. The summed E-state index contributed by atoms with van der Waals surface area (Å²) in [5.74, 6) is 0.911. The molecule has 36 heavy (non-hydrogen) atoms. The summed E-state index contributed by atoms with van der Waals surface area (Å²) < 4.78 is 16.2. The lowest BCUT2D eigenvalue weighted by atomic mass is 9.83. The number of ether oxygens (including phenoxy) is 3. The summed E-state index contributed by atoms with van der Waals surface area (Å²) in [7, 11) is 3.27. The number of amides is 1. The van der Waals surface area contributed by atoms with E-state index in [4.69, 9.17) is 14.2 Å². The van der Waals surface area contributed by atoms with Crippen LogP contribution >= 0.6 is 0 Å². The standard InChI is InChI=1S/C28H29N3O5/c1-4-36-28(33)18-9-13-19(14-10-18)31-26(21-7-5-6-8-22(21)35-3)23-24(29-30-25(23)27(31)32)17-11-15-20(34-2)16-12-17/h5-16,23-26,29-30H,4H2,1-3H3. The maximum absolute atomic E-state index is 13.8. The Morgan fingerprint density at radius 3 is 2.25 bits per heavy atom. The first kappa shape index (κ1) is 23.8. The van der Waals surface area contributed by atoms with Crippen LogP contribution in [0.15, 0.2) is 72.8 Å². The summed E-state index contributed by atoms with van der Waals surface area (Å²) in [5.41, 5.74) is 9.70. The van der Waals surface area contributed by atoms with Crippen molar-refractivity contribution in [3.63, 3.8) is 0 Å². The van der Waals surface area contributed by atoms with Crippen molar-refractivity contribution in [1.29, 1.82) is 0 Å². The van der Waals surface area contributed by atoms with Crippen LogP contribution in [-0.4, -0.2) is 38.7 Å². The Hall–Kier alpha value is -3.88. The van der Waals surface area contributed by atoms with Crippen molar-refractivity contribution < 1.29 is 23.8 Å². The maximum atomic E-state index is 13.8. The molecule has 2 heterocycles. The fraction of sp³-hybridized carbons (Fsp3) is 0.286. The molecule has 2 saturated heterocycles. The Bertz CT molecular complexity index is 1240. The van der Waals surface area contributed by atoms with Gasteiger partial charge in [-0.25, -0.2) is 15.6 Å². The lowest BCUT2D eigenvalue weighted by molar-refractivity contribution is -0.119. The number of benzene rings is 3. The summed E-state index contributed by atoms with van der Waals surface area (Å²) in [6.45, 7) is 2.07. The van der Waals surface area contributed by atoms with Gasteiger partial charge in [-0.3, -0.25) is 4.79 Å². The first-order valence-electron chi connectivity index (χ1n) is 12.0. The van der Waals surface area contributed by atoms with Gasteiger partial charge in [0.1, 0.15) is 17.5 Å². The summed E-state index contributed by atoms with van der Waals surface area (Å²) >= 11 is 0. The number of carbonyl (C=O) groups excluding carboxylic acids is 2. The molecule has 0 aliphatic carbocycles. The second-order valence-corrected chi connectivity index (χ2v) is 8.76. The molecule has 4 unspecified atom stereocenters. The predicted octanol–water partition coefficient (Wildman–Crippen LogP) is 3.80. The SMILES string of the molecule is CCOC(=O)c1ccc(N2C(=O)C3NNC(c4ccc(OC)cc4)C3C2c2ccccc2OC)cc1. The van der Waals surface area contributed by atoms with Crippen LogP contribution in [0.2, 0.25) is 0 Å². The van der Waals surface area contributed by atoms with Crippen molar-refractivity contribution in [2.24, 2.45) is 5.92 Å². The molecule has 0 bridgehead atoms. The number of nitrogens with one attached hydrogen (secondary N) is 2. The zero-order valence-corrected chi connectivity index (χ0v) is 20.4. The molecule has 8 heteroatoms. The molecule has 3 aromatic rings. The van der Waals surface area contributed by atoms with Gasteiger partial charge in [0.2, 0.25) is 5.91 Å². The molecule has 0 radical (unpaired) electrons. The van der Waals surface area contributed by atoms with Crippen LogP contribution in [-0.2, 0) is 9.53 Å². The van der Waals surface area contributed by atoms with Gasteiger partial charge in [0.25, 0.3) is 0 Å². The smallest absolute Gasteiger partial charge is 0.338 e. The normalized spacial score (nSPS) is 22.9. The maximum Gasteiger partial charge on any atom is 0.338 e. The molecule has 2 aliphatic heterocycles. The number of rotatable bonds is 7. The van der Waals surface area contributed by atoms with Gasteiger partial charge < -0.3 is 19.1 Å². The number of hydrogen-bond donors (Lipinski definition) is 2. The molecule has 0 spiro atoms. The van der Waals surface area contributed by atoms with Gasteiger partial charge in [-0.15, -0.1) is 0 Å². The van der Waals surface area contributed by atoms with Crippen molar-refractivity contribution in [2.45, 2.75) is 25.0 Å². The average Bonchev–Trinajstić information content (AvgIpc) is 3.47. The van der Waals surface area contributed by atoms with Crippen LogP contribution in [0.4, 0.5) is 5.69 Å². The molecule has 186 valence electrons. The van der Waals surface area contributed by atoms with Crippen LogP contribution in [0, 0.1) is 5.92 Å². The van der Waals surface area contributed by atoms with Gasteiger partial charge in [0, 0.05) is 17.2 Å². The lowest BCUT2D eigenvalue weighted by Gasteiger charge is -2.32. The van der Waals surface area contributed by atoms with Crippen LogP contribution in [0.5, 0.6) is 11.5 Å². The molecular formula is C28H29N3O5. The number of fused-ring (bicyclic) bond motifs is 1. The van der Waals surface area contributed by atoms with Gasteiger partial charge in [0.15, 0.2) is 0 Å². The highest BCUT2D eigenvalue weighted by molar-refractivity contribution is 6.02. The zero-order valence-electron chi connectivity index (χ0n) is 20.4. The number of anilines is 1. The number of carbonyl (C=O) groups is 2. The number of hydrogen-bond acceptors (Lipinski definition) is 7. The Labute approximate surface area is 210 Å². The number of nitrogens with zero attached hydrogens (tertiary/aromatic N) is 1. The van der Waals surface area contributed by atoms with Gasteiger partial charge in [-0.05, 0) is 55.0 Å². The minimum Gasteiger partial charge on any atom is -0.497 e. The largest absolute Gasteiger partial charge is 0.497 e. The molecule has 1 amide bonds. The van der Waals surface area contributed by atoms with Crippen molar-refractivity contribution in [3.8, 4) is 11.5 Å². The number of para-hydroxylation sites is 1. The molecule has 8 nitrogen and oxygen atoms in total. The first-order valence-corrected chi connectivity index (χ1v) is 12.0. The first-order chi connectivity index (χ1) is 17.6. The zero-order chi connectivity index (χ0) is 25.2. The third-order valence-corrected chi connectivity index (χ3v) is 6.90. The topological polar surface area (TPSA) is 89.1 Å². The summed E-state index contributed by atoms with van der Waals surface area (Å²) in [5, 5.41) is 0. The molecule has 5 rings (SSSR count). The van der Waals surface area contributed by atoms with Crippen LogP contribution in [0.1, 0.15) is 40.5 Å². The van der Waals surface area contributed by atoms with E-state index in [2.05, 4.69) is 10.9 Å². The van der Waals surface area contributed by atoms with E-state index in [9.17, 15) is 9.59 Å². The Kier molecular flexibility index (Phi) is 6.63. The van der Waals surface area contributed by atoms with Crippen LogP contribution < -0.4 is 25.2 Å². The number of esters is 1. The van der Waals surface area contributed by atoms with E-state index >= 15 is 0 Å². The highest BCUT2D eigenvalue weighted by Gasteiger charge is 2.56. The molecule has 2 N–H and O–H groups in total. The molecule has 2 aliphatic rings. The van der Waals surface area contributed by atoms with Gasteiger partial charge >= 0.3 is 5.97 Å². The monoisotopic (exact) mass is 487 g/mol. The minimum absolute atomic E-state index is 0.0525. The number of hydrazine groups is 1. The van der Waals surface area contributed by atoms with Crippen molar-refractivity contribution in [3.05, 3.63) is 89.5 Å². The second kappa shape index (κ2) is 10.0. The van der Waals surface area contributed by atoms with E-state index in [0.717, 1.165) is 16.9 Å². The predicted molar refractivity (Wildman–Crippen MR) is 135 cm³/mol. The van der Waals surface area contributed by atoms with E-state index in [1.54, 1.807) is 45.4 Å². The van der Waals surface area contributed by atoms with E-state index in [-0.39, 0.29) is 29.9 Å². The van der Waals surface area contributed by atoms with Crippen LogP contribution in [0.25, 0.3) is 0 Å². The van der Waals surface area contributed by atoms with Gasteiger partial charge in [0.05, 0.1) is 38.5 Å². The van der Waals surface area contributed by atoms with Crippen molar-refractivity contribution in [2.75, 3.05) is 25.7 Å². The summed E-state index contributed by atoms with van der Waals surface area (Å²) in [4.78, 5) is 27.8. The molecule has 2 fully saturated rings. The fourth-order valence-corrected chi connectivity index (χ4v) is 5.25. The van der Waals surface area contributed by atoms with Crippen LogP contribution in [0.3, 0.4) is 0 Å². The second-order valence-electron chi connectivity index (χ2n) is 8.76.